The molecule has 0 radical (unpaired) electrons. The topological polar surface area (TPSA) is 32.3 Å². The van der Waals surface area contributed by atoms with Crippen molar-refractivity contribution in [2.75, 3.05) is 13.1 Å². The second kappa shape index (κ2) is 6.53. The molecule has 1 aliphatic rings. The molecule has 2 atom stereocenters. The van der Waals surface area contributed by atoms with Crippen LogP contribution in [-0.2, 0) is 4.79 Å². The molecule has 2 rings (SSSR count). The van der Waals surface area contributed by atoms with Gasteiger partial charge in [-0.25, -0.2) is 0 Å². The van der Waals surface area contributed by atoms with Crippen molar-refractivity contribution < 1.29 is 4.79 Å². The number of amides is 1. The molecular weight excluding hydrogens is 256 g/mol. The molecule has 1 saturated carbocycles. The summed E-state index contributed by atoms with van der Waals surface area (Å²) in [5.74, 6) is 0.929. The van der Waals surface area contributed by atoms with Gasteiger partial charge in [-0.15, -0.1) is 11.3 Å². The smallest absolute Gasteiger partial charge is 0.239 e. The molecule has 1 aliphatic carbocycles. The molecule has 0 bridgehead atoms. The van der Waals surface area contributed by atoms with Crippen molar-refractivity contribution in [1.82, 2.24) is 10.2 Å². The number of likely N-dealkylation sites (N-methyl/N-ethyl adjacent to an activating group) is 1. The van der Waals surface area contributed by atoms with Gasteiger partial charge in [0.15, 0.2) is 0 Å². The molecule has 1 fully saturated rings. The number of rotatable bonds is 7. The van der Waals surface area contributed by atoms with E-state index in [4.69, 9.17) is 0 Å². The largest absolute Gasteiger partial charge is 0.342 e. The first-order chi connectivity index (χ1) is 9.17. The zero-order valence-electron chi connectivity index (χ0n) is 12.1. The van der Waals surface area contributed by atoms with Crippen LogP contribution in [0.5, 0.6) is 0 Å². The van der Waals surface area contributed by atoms with Crippen LogP contribution in [0.4, 0.5) is 0 Å². The number of thiophene rings is 1. The summed E-state index contributed by atoms with van der Waals surface area (Å²) in [5, 5.41) is 5.66. The molecule has 3 nitrogen and oxygen atoms in total. The van der Waals surface area contributed by atoms with E-state index in [0.29, 0.717) is 12.0 Å². The average molecular weight is 280 g/mol. The van der Waals surface area contributed by atoms with Crippen LogP contribution in [0.1, 0.15) is 44.5 Å². The van der Waals surface area contributed by atoms with Crippen LogP contribution in [0.3, 0.4) is 0 Å². The second-order valence-electron chi connectivity index (χ2n) is 5.23. The Morgan fingerprint density at radius 1 is 1.47 bits per heavy atom. The van der Waals surface area contributed by atoms with Crippen molar-refractivity contribution in [3.63, 3.8) is 0 Å². The van der Waals surface area contributed by atoms with E-state index in [9.17, 15) is 4.79 Å². The summed E-state index contributed by atoms with van der Waals surface area (Å²) in [7, 11) is 0. The second-order valence-corrected chi connectivity index (χ2v) is 6.21. The molecule has 19 heavy (non-hydrogen) atoms. The minimum atomic E-state index is -0.104. The lowest BCUT2D eigenvalue weighted by molar-refractivity contribution is -0.132. The van der Waals surface area contributed by atoms with Crippen molar-refractivity contribution in [3.05, 3.63) is 22.4 Å². The quantitative estimate of drug-likeness (QED) is 0.832. The molecule has 4 heteroatoms. The minimum absolute atomic E-state index is 0.104. The number of hydrogen-bond donors (Lipinski definition) is 1. The van der Waals surface area contributed by atoms with Crippen molar-refractivity contribution in [2.24, 2.45) is 5.92 Å². The Bertz CT molecular complexity index is 396. The first-order valence-electron chi connectivity index (χ1n) is 7.25. The standard InChI is InChI=1S/C15H24N2OS/c1-4-17(5-2)15(18)11(3)16-14(12-8-9-12)13-7-6-10-19-13/h6-7,10-12,14,16H,4-5,8-9H2,1-3H3. The van der Waals surface area contributed by atoms with Gasteiger partial charge in [-0.2, -0.15) is 0 Å². The number of nitrogens with one attached hydrogen (secondary N) is 1. The zero-order chi connectivity index (χ0) is 13.8. The Balaban J connectivity index is 1.99. The van der Waals surface area contributed by atoms with Crippen molar-refractivity contribution in [1.29, 1.82) is 0 Å². The normalized spacial score (nSPS) is 18.1. The van der Waals surface area contributed by atoms with Gasteiger partial charge in [-0.05, 0) is 51.0 Å². The molecule has 1 heterocycles. The summed E-state index contributed by atoms with van der Waals surface area (Å²) in [6.07, 6.45) is 2.56. The third kappa shape index (κ3) is 3.57. The monoisotopic (exact) mass is 280 g/mol. The summed E-state index contributed by atoms with van der Waals surface area (Å²) in [5.41, 5.74) is 0. The molecule has 1 aromatic heterocycles. The first kappa shape index (κ1) is 14.5. The van der Waals surface area contributed by atoms with Gasteiger partial charge in [0.1, 0.15) is 0 Å². The van der Waals surface area contributed by atoms with E-state index < -0.39 is 0 Å². The maximum absolute atomic E-state index is 12.3. The van der Waals surface area contributed by atoms with E-state index in [-0.39, 0.29) is 11.9 Å². The third-order valence-corrected chi connectivity index (χ3v) is 4.77. The fourth-order valence-corrected chi connectivity index (χ4v) is 3.38. The van der Waals surface area contributed by atoms with Crippen molar-refractivity contribution >= 4 is 17.2 Å². The highest BCUT2D eigenvalue weighted by Crippen LogP contribution is 2.42. The van der Waals surface area contributed by atoms with Gasteiger partial charge in [-0.3, -0.25) is 10.1 Å². The van der Waals surface area contributed by atoms with E-state index >= 15 is 0 Å². The van der Waals surface area contributed by atoms with Gasteiger partial charge in [-0.1, -0.05) is 6.07 Å². The van der Waals surface area contributed by atoms with Crippen molar-refractivity contribution in [2.45, 2.75) is 45.7 Å². The van der Waals surface area contributed by atoms with Crippen molar-refractivity contribution in [3.8, 4) is 0 Å². The number of nitrogens with zero attached hydrogens (tertiary/aromatic N) is 1. The van der Waals surface area contributed by atoms with Gasteiger partial charge in [0.05, 0.1) is 6.04 Å². The van der Waals surface area contributed by atoms with Crippen LogP contribution in [0.15, 0.2) is 17.5 Å². The number of hydrogen-bond acceptors (Lipinski definition) is 3. The van der Waals surface area contributed by atoms with E-state index in [2.05, 4.69) is 22.8 Å². The Kier molecular flexibility index (Phi) is 4.99. The minimum Gasteiger partial charge on any atom is -0.342 e. The summed E-state index contributed by atoms with van der Waals surface area (Å²) >= 11 is 1.79. The van der Waals surface area contributed by atoms with Crippen LogP contribution < -0.4 is 5.32 Å². The summed E-state index contributed by atoms with van der Waals surface area (Å²) < 4.78 is 0. The van der Waals surface area contributed by atoms with E-state index in [1.54, 1.807) is 11.3 Å². The van der Waals surface area contributed by atoms with Gasteiger partial charge in [0.25, 0.3) is 0 Å². The number of carbonyl (C=O) groups excluding carboxylic acids is 1. The Morgan fingerprint density at radius 2 is 2.16 bits per heavy atom. The maximum atomic E-state index is 12.3. The first-order valence-corrected chi connectivity index (χ1v) is 8.13. The third-order valence-electron chi connectivity index (χ3n) is 3.82. The van der Waals surface area contributed by atoms with Gasteiger partial charge >= 0.3 is 0 Å². The molecule has 0 aliphatic heterocycles. The maximum Gasteiger partial charge on any atom is 0.239 e. The Morgan fingerprint density at radius 3 is 2.63 bits per heavy atom. The fraction of sp³-hybridized carbons (Fsp3) is 0.667. The van der Waals surface area contributed by atoms with Gasteiger partial charge in [0.2, 0.25) is 5.91 Å². The Hall–Kier alpha value is -0.870. The highest BCUT2D eigenvalue weighted by atomic mass is 32.1. The zero-order valence-corrected chi connectivity index (χ0v) is 12.9. The molecule has 1 N–H and O–H groups in total. The summed E-state index contributed by atoms with van der Waals surface area (Å²) in [6.45, 7) is 7.63. The van der Waals surface area contributed by atoms with Gasteiger partial charge < -0.3 is 4.90 Å². The molecule has 106 valence electrons. The highest BCUT2D eigenvalue weighted by Gasteiger charge is 2.35. The average Bonchev–Trinajstić information content (AvgIpc) is 3.11. The van der Waals surface area contributed by atoms with Crippen LogP contribution in [-0.4, -0.2) is 29.9 Å². The van der Waals surface area contributed by atoms with Crippen LogP contribution >= 0.6 is 11.3 Å². The summed E-state index contributed by atoms with van der Waals surface area (Å²) in [6, 6.07) is 4.52. The van der Waals surface area contributed by atoms with E-state index in [1.165, 1.54) is 17.7 Å². The predicted octanol–water partition coefficient (Wildman–Crippen LogP) is 3.05. The van der Waals surface area contributed by atoms with Crippen LogP contribution in [0.2, 0.25) is 0 Å². The molecule has 0 saturated heterocycles. The van der Waals surface area contributed by atoms with E-state index in [0.717, 1.165) is 13.1 Å². The lowest BCUT2D eigenvalue weighted by atomic mass is 10.1. The van der Waals surface area contributed by atoms with Crippen LogP contribution in [0, 0.1) is 5.92 Å². The molecule has 0 spiro atoms. The predicted molar refractivity (Wildman–Crippen MR) is 80.3 cm³/mol. The molecule has 1 amide bonds. The Labute approximate surface area is 120 Å². The molecular formula is C15H24N2OS. The number of carbonyl (C=O) groups is 1. The fourth-order valence-electron chi connectivity index (χ4n) is 2.50. The SMILES string of the molecule is CCN(CC)C(=O)C(C)NC(c1cccs1)C1CC1. The molecule has 2 unspecified atom stereocenters. The van der Waals surface area contributed by atoms with Crippen LogP contribution in [0.25, 0.3) is 0 Å². The highest BCUT2D eigenvalue weighted by molar-refractivity contribution is 7.10. The molecule has 1 aromatic rings. The lowest BCUT2D eigenvalue weighted by Crippen LogP contribution is -2.46. The summed E-state index contributed by atoms with van der Waals surface area (Å²) in [4.78, 5) is 15.6. The van der Waals surface area contributed by atoms with Gasteiger partial charge in [0, 0.05) is 24.0 Å². The van der Waals surface area contributed by atoms with E-state index in [1.807, 2.05) is 25.7 Å². The lowest BCUT2D eigenvalue weighted by Gasteiger charge is -2.27. The molecule has 0 aromatic carbocycles.